The number of carboxylic acids is 1. The third-order valence-electron chi connectivity index (χ3n) is 3.71. The summed E-state index contributed by atoms with van der Waals surface area (Å²) in [5, 5.41) is 22.4. The third-order valence-corrected chi connectivity index (χ3v) is 4.88. The SMILES string of the molecule is O=C(Nc1cccc(Cl)c1)Nc1ncc(-c2cc(C(=O)O)c3cn[nH]c3n2)s1. The minimum Gasteiger partial charge on any atom is -0.478 e. The number of aromatic carboxylic acids is 1. The summed E-state index contributed by atoms with van der Waals surface area (Å²) in [6.45, 7) is 0. The monoisotopic (exact) mass is 414 g/mol. The molecule has 0 aliphatic heterocycles. The van der Waals surface area contributed by atoms with Gasteiger partial charge in [0.05, 0.1) is 27.7 Å². The number of urea groups is 1. The highest BCUT2D eigenvalue weighted by Crippen LogP contribution is 2.30. The molecule has 4 aromatic rings. The Morgan fingerprint density at radius 1 is 1.18 bits per heavy atom. The minimum atomic E-state index is -1.08. The topological polar surface area (TPSA) is 133 Å². The lowest BCUT2D eigenvalue weighted by Crippen LogP contribution is -2.19. The molecule has 11 heteroatoms. The summed E-state index contributed by atoms with van der Waals surface area (Å²) in [7, 11) is 0. The molecule has 0 bridgehead atoms. The van der Waals surface area contributed by atoms with Crippen LogP contribution in [0.1, 0.15) is 10.4 Å². The zero-order valence-corrected chi connectivity index (χ0v) is 15.5. The fraction of sp³-hybridized carbons (Fsp3) is 0. The fourth-order valence-corrected chi connectivity index (χ4v) is 3.47. The Bertz CT molecular complexity index is 1200. The highest BCUT2D eigenvalue weighted by molar-refractivity contribution is 7.19. The van der Waals surface area contributed by atoms with Gasteiger partial charge in [0, 0.05) is 16.9 Å². The molecule has 0 saturated heterocycles. The summed E-state index contributed by atoms with van der Waals surface area (Å²) in [4.78, 5) is 32.7. The number of amides is 2. The molecule has 3 aromatic heterocycles. The Balaban J connectivity index is 1.55. The van der Waals surface area contributed by atoms with Crippen LogP contribution >= 0.6 is 22.9 Å². The molecule has 0 radical (unpaired) electrons. The maximum Gasteiger partial charge on any atom is 0.336 e. The first-order chi connectivity index (χ1) is 13.5. The number of aromatic amines is 1. The number of hydrogen-bond acceptors (Lipinski definition) is 6. The number of aromatic nitrogens is 4. The Hall–Kier alpha value is -3.50. The highest BCUT2D eigenvalue weighted by Gasteiger charge is 2.16. The predicted octanol–water partition coefficient (Wildman–Crippen LogP) is 4.08. The lowest BCUT2D eigenvalue weighted by Gasteiger charge is -2.05. The van der Waals surface area contributed by atoms with Gasteiger partial charge in [-0.2, -0.15) is 5.10 Å². The average Bonchev–Trinajstić information content (AvgIpc) is 3.29. The Morgan fingerprint density at radius 3 is 2.82 bits per heavy atom. The number of nitrogens with one attached hydrogen (secondary N) is 3. The number of H-pyrrole nitrogens is 1. The molecule has 0 fully saturated rings. The van der Waals surface area contributed by atoms with E-state index >= 15 is 0 Å². The standard InChI is InChI=1S/C17H11ClN6O3S/c18-8-2-1-3-9(4-8)21-16(27)23-17-19-7-13(28-17)12-5-10(15(25)26)11-6-20-24-14(11)22-12/h1-7H,(H,25,26)(H,20,22,24)(H2,19,21,23,27). The average molecular weight is 415 g/mol. The number of thiazole rings is 1. The van der Waals surface area contributed by atoms with Gasteiger partial charge in [0.25, 0.3) is 0 Å². The first-order valence-electron chi connectivity index (χ1n) is 7.87. The molecule has 4 N–H and O–H groups in total. The number of carbonyl (C=O) groups is 2. The number of benzene rings is 1. The van der Waals surface area contributed by atoms with E-state index in [-0.39, 0.29) is 5.56 Å². The van der Waals surface area contributed by atoms with Gasteiger partial charge in [-0.25, -0.2) is 19.6 Å². The summed E-state index contributed by atoms with van der Waals surface area (Å²) in [6.07, 6.45) is 2.92. The van der Waals surface area contributed by atoms with Crippen LogP contribution in [0.15, 0.2) is 42.7 Å². The number of pyridine rings is 1. The van der Waals surface area contributed by atoms with E-state index in [2.05, 4.69) is 30.8 Å². The van der Waals surface area contributed by atoms with Crippen LogP contribution in [0.3, 0.4) is 0 Å². The van der Waals surface area contributed by atoms with E-state index in [1.54, 1.807) is 24.3 Å². The maximum absolute atomic E-state index is 12.1. The molecule has 0 spiro atoms. The molecule has 0 atom stereocenters. The van der Waals surface area contributed by atoms with Crippen LogP contribution in [0.5, 0.6) is 0 Å². The summed E-state index contributed by atoms with van der Waals surface area (Å²) < 4.78 is 0. The molecule has 0 saturated carbocycles. The summed E-state index contributed by atoms with van der Waals surface area (Å²) in [5.41, 5.74) is 1.39. The lowest BCUT2D eigenvalue weighted by molar-refractivity contribution is 0.0699. The van der Waals surface area contributed by atoms with Gasteiger partial charge in [0.15, 0.2) is 10.8 Å². The molecule has 28 heavy (non-hydrogen) atoms. The molecular formula is C17H11ClN6O3S. The van der Waals surface area contributed by atoms with E-state index in [0.717, 1.165) is 11.3 Å². The van der Waals surface area contributed by atoms with Crippen LogP contribution in [0, 0.1) is 0 Å². The smallest absolute Gasteiger partial charge is 0.336 e. The van der Waals surface area contributed by atoms with Crippen molar-refractivity contribution in [2.24, 2.45) is 0 Å². The molecule has 2 amide bonds. The Labute approximate surface area is 166 Å². The van der Waals surface area contributed by atoms with Crippen LogP contribution in [0.4, 0.5) is 15.6 Å². The molecule has 1 aromatic carbocycles. The fourth-order valence-electron chi connectivity index (χ4n) is 2.51. The number of nitrogens with zero attached hydrogens (tertiary/aromatic N) is 3. The molecule has 3 heterocycles. The number of halogens is 1. The van der Waals surface area contributed by atoms with Gasteiger partial charge in [0.2, 0.25) is 0 Å². The Morgan fingerprint density at radius 2 is 2.04 bits per heavy atom. The molecule has 140 valence electrons. The number of anilines is 2. The number of carbonyl (C=O) groups excluding carboxylic acids is 1. The second kappa shape index (κ2) is 7.25. The van der Waals surface area contributed by atoms with Gasteiger partial charge in [-0.05, 0) is 24.3 Å². The number of carboxylic acid groups (broad SMARTS) is 1. The normalized spacial score (nSPS) is 10.8. The van der Waals surface area contributed by atoms with Crippen molar-refractivity contribution in [1.82, 2.24) is 20.2 Å². The van der Waals surface area contributed by atoms with E-state index in [1.165, 1.54) is 18.5 Å². The number of rotatable bonds is 4. The van der Waals surface area contributed by atoms with Crippen molar-refractivity contribution in [1.29, 1.82) is 0 Å². The van der Waals surface area contributed by atoms with Crippen molar-refractivity contribution in [3.05, 3.63) is 53.3 Å². The summed E-state index contributed by atoms with van der Waals surface area (Å²) in [6, 6.07) is 7.71. The van der Waals surface area contributed by atoms with Gasteiger partial charge in [-0.1, -0.05) is 29.0 Å². The second-order valence-electron chi connectivity index (χ2n) is 5.61. The van der Waals surface area contributed by atoms with E-state index < -0.39 is 12.0 Å². The number of fused-ring (bicyclic) bond motifs is 1. The zero-order chi connectivity index (χ0) is 19.7. The van der Waals surface area contributed by atoms with Crippen molar-refractivity contribution in [3.63, 3.8) is 0 Å². The van der Waals surface area contributed by atoms with E-state index in [4.69, 9.17) is 11.6 Å². The third kappa shape index (κ3) is 3.63. The van der Waals surface area contributed by atoms with Gasteiger partial charge in [-0.15, -0.1) is 0 Å². The quantitative estimate of drug-likeness (QED) is 0.397. The van der Waals surface area contributed by atoms with Crippen molar-refractivity contribution < 1.29 is 14.7 Å². The van der Waals surface area contributed by atoms with Gasteiger partial charge < -0.3 is 10.4 Å². The van der Waals surface area contributed by atoms with Crippen LogP contribution in [0.2, 0.25) is 5.02 Å². The lowest BCUT2D eigenvalue weighted by atomic mass is 10.1. The van der Waals surface area contributed by atoms with Crippen molar-refractivity contribution >= 4 is 56.8 Å². The molecular weight excluding hydrogens is 404 g/mol. The largest absolute Gasteiger partial charge is 0.478 e. The molecule has 9 nitrogen and oxygen atoms in total. The highest BCUT2D eigenvalue weighted by atomic mass is 35.5. The molecule has 0 aliphatic carbocycles. The molecule has 0 unspecified atom stereocenters. The number of hydrogen-bond donors (Lipinski definition) is 4. The maximum atomic E-state index is 12.1. The van der Waals surface area contributed by atoms with Crippen LogP contribution < -0.4 is 10.6 Å². The minimum absolute atomic E-state index is 0.0790. The van der Waals surface area contributed by atoms with Crippen LogP contribution in [0.25, 0.3) is 21.6 Å². The summed E-state index contributed by atoms with van der Waals surface area (Å²) in [5.74, 6) is -1.08. The molecule has 0 aliphatic rings. The first-order valence-corrected chi connectivity index (χ1v) is 9.06. The van der Waals surface area contributed by atoms with Gasteiger partial charge in [-0.3, -0.25) is 10.4 Å². The van der Waals surface area contributed by atoms with E-state index in [1.807, 2.05) is 0 Å². The van der Waals surface area contributed by atoms with Crippen LogP contribution in [-0.4, -0.2) is 37.3 Å². The summed E-state index contributed by atoms with van der Waals surface area (Å²) >= 11 is 7.05. The van der Waals surface area contributed by atoms with E-state index in [9.17, 15) is 14.7 Å². The van der Waals surface area contributed by atoms with Crippen molar-refractivity contribution in [2.45, 2.75) is 0 Å². The van der Waals surface area contributed by atoms with Gasteiger partial charge >= 0.3 is 12.0 Å². The van der Waals surface area contributed by atoms with Gasteiger partial charge in [0.1, 0.15) is 0 Å². The zero-order valence-electron chi connectivity index (χ0n) is 13.9. The predicted molar refractivity (Wildman–Crippen MR) is 106 cm³/mol. The van der Waals surface area contributed by atoms with E-state index in [0.29, 0.717) is 37.4 Å². The van der Waals surface area contributed by atoms with Crippen LogP contribution in [-0.2, 0) is 0 Å². The molecule has 4 rings (SSSR count). The Kier molecular flexibility index (Phi) is 4.63. The van der Waals surface area contributed by atoms with Crippen molar-refractivity contribution in [2.75, 3.05) is 10.6 Å². The second-order valence-corrected chi connectivity index (χ2v) is 7.08. The van der Waals surface area contributed by atoms with Crippen molar-refractivity contribution in [3.8, 4) is 10.6 Å². The first kappa shape index (κ1) is 17.9.